The molecular formula is C35H33N3O7S2. The lowest BCUT2D eigenvalue weighted by molar-refractivity contribution is 0.0526. The molecule has 0 unspecified atom stereocenters. The Morgan fingerprint density at radius 3 is 2.62 bits per heavy atom. The molecule has 47 heavy (non-hydrogen) atoms. The van der Waals surface area contributed by atoms with Crippen LogP contribution in [0.1, 0.15) is 46.6 Å². The van der Waals surface area contributed by atoms with Crippen LogP contribution >= 0.6 is 11.3 Å². The zero-order valence-corrected chi connectivity index (χ0v) is 27.7. The summed E-state index contributed by atoms with van der Waals surface area (Å²) in [4.78, 5) is 32.5. The standard InChI is InChI=1S/C35H33N3O7S2/c1-4-45-35(41)31-26-17-16-21(2)18-30(26)46-32(31)36-20-27-24-12-5-6-13-25(24)33(39)38(34(27)40)22-10-9-11-23(19-22)47(42,43)37-28-14-7-8-15-29(28)44-3/h5-15,19-21,37,40H,4,16-18H2,1-3H3/t21-/m0/s1. The van der Waals surface area contributed by atoms with E-state index >= 15 is 0 Å². The number of nitrogens with one attached hydrogen (secondary N) is 1. The number of pyridine rings is 1. The molecule has 0 amide bonds. The number of benzene rings is 3. The number of carbonyl (C=O) groups excluding carboxylic acids is 1. The van der Waals surface area contributed by atoms with Gasteiger partial charge in [-0.3, -0.25) is 9.52 Å². The van der Waals surface area contributed by atoms with Gasteiger partial charge in [0.1, 0.15) is 10.8 Å². The van der Waals surface area contributed by atoms with Gasteiger partial charge in [0.15, 0.2) is 0 Å². The molecular weight excluding hydrogens is 639 g/mol. The molecule has 10 nitrogen and oxygen atoms in total. The Morgan fingerprint density at radius 2 is 1.85 bits per heavy atom. The lowest BCUT2D eigenvalue weighted by Gasteiger charge is -2.18. The van der Waals surface area contributed by atoms with Crippen LogP contribution in [0.15, 0.2) is 87.5 Å². The van der Waals surface area contributed by atoms with Gasteiger partial charge in [-0.2, -0.15) is 0 Å². The van der Waals surface area contributed by atoms with Crippen LogP contribution in [-0.4, -0.2) is 44.0 Å². The lowest BCUT2D eigenvalue weighted by Crippen LogP contribution is -2.21. The molecule has 0 spiro atoms. The van der Waals surface area contributed by atoms with Crippen LogP contribution in [-0.2, 0) is 27.6 Å². The van der Waals surface area contributed by atoms with E-state index in [0.717, 1.165) is 34.3 Å². The van der Waals surface area contributed by atoms with Crippen molar-refractivity contribution in [2.75, 3.05) is 18.4 Å². The van der Waals surface area contributed by atoms with Crippen molar-refractivity contribution in [2.24, 2.45) is 10.9 Å². The highest BCUT2D eigenvalue weighted by molar-refractivity contribution is 7.92. The third kappa shape index (κ3) is 6.13. The molecule has 6 rings (SSSR count). The summed E-state index contributed by atoms with van der Waals surface area (Å²) in [6.07, 6.45) is 3.99. The van der Waals surface area contributed by atoms with E-state index < -0.39 is 27.4 Å². The molecule has 2 aromatic heterocycles. The molecule has 1 aliphatic rings. The molecule has 3 aromatic carbocycles. The summed E-state index contributed by atoms with van der Waals surface area (Å²) in [6.45, 7) is 4.16. The van der Waals surface area contributed by atoms with Gasteiger partial charge < -0.3 is 14.6 Å². The predicted molar refractivity (Wildman–Crippen MR) is 184 cm³/mol. The van der Waals surface area contributed by atoms with Crippen LogP contribution in [0.3, 0.4) is 0 Å². The van der Waals surface area contributed by atoms with Gasteiger partial charge in [0.25, 0.3) is 15.6 Å². The Kier molecular flexibility index (Phi) is 8.89. The number of fused-ring (bicyclic) bond motifs is 2. The first kappa shape index (κ1) is 32.0. The van der Waals surface area contributed by atoms with Gasteiger partial charge in [0, 0.05) is 21.9 Å². The van der Waals surface area contributed by atoms with Crippen LogP contribution in [0.5, 0.6) is 11.6 Å². The minimum Gasteiger partial charge on any atom is -0.495 e. The Morgan fingerprint density at radius 1 is 1.11 bits per heavy atom. The molecule has 0 bridgehead atoms. The molecule has 5 aromatic rings. The average Bonchev–Trinajstić information content (AvgIpc) is 3.42. The Labute approximate surface area is 276 Å². The van der Waals surface area contributed by atoms with Gasteiger partial charge in [0.05, 0.1) is 41.1 Å². The Balaban J connectivity index is 1.47. The van der Waals surface area contributed by atoms with Crippen molar-refractivity contribution < 1.29 is 27.8 Å². The number of esters is 1. The number of aliphatic imine (C=N–C) groups is 1. The molecule has 0 radical (unpaired) electrons. The van der Waals surface area contributed by atoms with Gasteiger partial charge in [-0.05, 0) is 74.1 Å². The Bertz CT molecular complexity index is 2200. The highest BCUT2D eigenvalue weighted by Gasteiger charge is 2.28. The monoisotopic (exact) mass is 671 g/mol. The van der Waals surface area contributed by atoms with Crippen molar-refractivity contribution in [1.82, 2.24) is 4.57 Å². The highest BCUT2D eigenvalue weighted by atomic mass is 32.2. The van der Waals surface area contributed by atoms with E-state index in [1.54, 1.807) is 55.5 Å². The van der Waals surface area contributed by atoms with E-state index in [0.29, 0.717) is 27.6 Å². The van der Waals surface area contributed by atoms with Crippen molar-refractivity contribution in [2.45, 2.75) is 38.0 Å². The summed E-state index contributed by atoms with van der Waals surface area (Å²) in [5.74, 6) is -0.0522. The normalized spacial score (nSPS) is 14.7. The van der Waals surface area contributed by atoms with Gasteiger partial charge >= 0.3 is 5.97 Å². The van der Waals surface area contributed by atoms with Crippen molar-refractivity contribution in [3.05, 3.63) is 105 Å². The van der Waals surface area contributed by atoms with Gasteiger partial charge in [0.2, 0.25) is 5.88 Å². The van der Waals surface area contributed by atoms with E-state index in [9.17, 15) is 23.1 Å². The highest BCUT2D eigenvalue weighted by Crippen LogP contribution is 2.42. The number of rotatable bonds is 9. The second-order valence-corrected chi connectivity index (χ2v) is 14.0. The number of hydrogen-bond donors (Lipinski definition) is 2. The molecule has 0 saturated heterocycles. The third-order valence-corrected chi connectivity index (χ3v) is 10.6. The molecule has 2 heterocycles. The number of para-hydroxylation sites is 2. The van der Waals surface area contributed by atoms with Crippen LogP contribution in [0.25, 0.3) is 16.5 Å². The molecule has 2 N–H and O–H groups in total. The van der Waals surface area contributed by atoms with Gasteiger partial charge in [-0.1, -0.05) is 43.3 Å². The van der Waals surface area contributed by atoms with Crippen LogP contribution < -0.4 is 15.0 Å². The minimum absolute atomic E-state index is 0.128. The molecule has 0 aliphatic heterocycles. The number of hydrogen-bond acceptors (Lipinski definition) is 9. The van der Waals surface area contributed by atoms with Crippen molar-refractivity contribution in [1.29, 1.82) is 0 Å². The van der Waals surface area contributed by atoms with Crippen LogP contribution in [0.2, 0.25) is 0 Å². The SMILES string of the molecule is CCOC(=O)c1c(N=Cc2c(O)n(-c3cccc(S(=O)(=O)Nc4ccccc4OC)c3)c(=O)c3ccccc23)sc2c1CC[C@H](C)C2. The fourth-order valence-corrected chi connectivity index (χ4v) is 8.27. The molecule has 1 atom stereocenters. The predicted octanol–water partition coefficient (Wildman–Crippen LogP) is 6.62. The summed E-state index contributed by atoms with van der Waals surface area (Å²) < 4.78 is 41.1. The lowest BCUT2D eigenvalue weighted by atomic mass is 9.88. The van der Waals surface area contributed by atoms with Gasteiger partial charge in [-0.25, -0.2) is 22.8 Å². The summed E-state index contributed by atoms with van der Waals surface area (Å²) in [5, 5.41) is 12.9. The number of thiophene rings is 1. The fourth-order valence-electron chi connectivity index (χ4n) is 5.82. The minimum atomic E-state index is -4.12. The maximum absolute atomic E-state index is 13.8. The first-order valence-electron chi connectivity index (χ1n) is 15.1. The topological polar surface area (TPSA) is 136 Å². The fraction of sp³-hybridized carbons (Fsp3) is 0.229. The zero-order chi connectivity index (χ0) is 33.3. The number of sulfonamides is 1. The summed E-state index contributed by atoms with van der Waals surface area (Å²) in [7, 11) is -2.68. The number of anilines is 1. The summed E-state index contributed by atoms with van der Waals surface area (Å²) in [5.41, 5.74) is 1.45. The molecule has 0 saturated carbocycles. The first-order chi connectivity index (χ1) is 22.6. The number of aromatic hydroxyl groups is 1. The third-order valence-electron chi connectivity index (χ3n) is 8.12. The summed E-state index contributed by atoms with van der Waals surface area (Å²) in [6, 6.07) is 19.1. The van der Waals surface area contributed by atoms with E-state index in [4.69, 9.17) is 14.5 Å². The maximum Gasteiger partial charge on any atom is 0.341 e. The number of carbonyl (C=O) groups is 1. The molecule has 12 heteroatoms. The Hall–Kier alpha value is -4.94. The second kappa shape index (κ2) is 13.0. The van der Waals surface area contributed by atoms with Crippen LogP contribution in [0.4, 0.5) is 10.7 Å². The molecule has 1 aliphatic carbocycles. The average molecular weight is 672 g/mol. The maximum atomic E-state index is 13.8. The van der Waals surface area contributed by atoms with Crippen molar-refractivity contribution >= 4 is 55.0 Å². The van der Waals surface area contributed by atoms with Crippen molar-refractivity contribution in [3.63, 3.8) is 0 Å². The smallest absolute Gasteiger partial charge is 0.341 e. The quantitative estimate of drug-likeness (QED) is 0.133. The molecule has 242 valence electrons. The van der Waals surface area contributed by atoms with Gasteiger partial charge in [-0.15, -0.1) is 11.3 Å². The van der Waals surface area contributed by atoms with Crippen molar-refractivity contribution in [3.8, 4) is 17.3 Å². The number of methoxy groups -OCH3 is 1. The van der Waals surface area contributed by atoms with E-state index in [1.807, 2.05) is 0 Å². The zero-order valence-electron chi connectivity index (χ0n) is 26.0. The van der Waals surface area contributed by atoms with Crippen LogP contribution in [0, 0.1) is 5.92 Å². The first-order valence-corrected chi connectivity index (χ1v) is 17.4. The van der Waals surface area contributed by atoms with E-state index in [-0.39, 0.29) is 33.8 Å². The van der Waals surface area contributed by atoms with E-state index in [1.165, 1.54) is 48.9 Å². The number of aromatic nitrogens is 1. The number of nitrogens with zero attached hydrogens (tertiary/aromatic N) is 2. The molecule has 0 fully saturated rings. The number of ether oxygens (including phenoxy) is 2. The summed E-state index contributed by atoms with van der Waals surface area (Å²) >= 11 is 1.43. The largest absolute Gasteiger partial charge is 0.495 e. The second-order valence-electron chi connectivity index (χ2n) is 11.2. The van der Waals surface area contributed by atoms with E-state index in [2.05, 4.69) is 11.6 Å².